The third-order valence-electron chi connectivity index (χ3n) is 2.67. The molecule has 0 bridgehead atoms. The van der Waals surface area contributed by atoms with Crippen molar-refractivity contribution >= 4 is 33.6 Å². The Kier molecular flexibility index (Phi) is 3.67. The van der Waals surface area contributed by atoms with Crippen molar-refractivity contribution in [3.8, 4) is 0 Å². The van der Waals surface area contributed by atoms with Gasteiger partial charge in [-0.2, -0.15) is 0 Å². The van der Waals surface area contributed by atoms with Crippen molar-refractivity contribution < 1.29 is 0 Å². The third kappa shape index (κ3) is 2.76. The fourth-order valence-corrected chi connectivity index (χ4v) is 3.73. The molecule has 0 aliphatic carbocycles. The van der Waals surface area contributed by atoms with Crippen LogP contribution in [0.1, 0.15) is 11.1 Å². The number of pyridine rings is 1. The lowest BCUT2D eigenvalue weighted by molar-refractivity contribution is 1.27. The normalized spacial score (nSPS) is 13.9. The Morgan fingerprint density at radius 3 is 2.83 bits per heavy atom. The van der Waals surface area contributed by atoms with Crippen molar-refractivity contribution in [1.82, 2.24) is 4.98 Å². The Hall–Kier alpha value is -1.26. The zero-order chi connectivity index (χ0) is 12.2. The van der Waals surface area contributed by atoms with Gasteiger partial charge in [-0.15, -0.1) is 0 Å². The summed E-state index contributed by atoms with van der Waals surface area (Å²) in [7, 11) is 0. The van der Waals surface area contributed by atoms with E-state index in [1.165, 1.54) is 11.1 Å². The summed E-state index contributed by atoms with van der Waals surface area (Å²) in [6, 6.07) is 12.5. The van der Waals surface area contributed by atoms with Crippen LogP contribution in [0.4, 0.5) is 5.69 Å². The highest BCUT2D eigenvalue weighted by atomic mass is 32.2. The van der Waals surface area contributed by atoms with Gasteiger partial charge in [-0.3, -0.25) is 4.98 Å². The molecule has 1 aromatic heterocycles. The standard InChI is InChI=1S/C14H12N2S2/c1-2-4-13-12(3-1)10-18-14(16-13)17-9-11-5-7-15-8-6-11/h1-8H,9-10H2. The number of benzene rings is 1. The minimum atomic E-state index is 0.955. The van der Waals surface area contributed by atoms with E-state index in [-0.39, 0.29) is 0 Å². The monoisotopic (exact) mass is 272 g/mol. The van der Waals surface area contributed by atoms with Crippen LogP contribution in [0.5, 0.6) is 0 Å². The molecular formula is C14H12N2S2. The smallest absolute Gasteiger partial charge is 0.131 e. The summed E-state index contributed by atoms with van der Waals surface area (Å²) in [4.78, 5) is 8.71. The van der Waals surface area contributed by atoms with Gasteiger partial charge >= 0.3 is 0 Å². The van der Waals surface area contributed by atoms with Crippen LogP contribution in [-0.4, -0.2) is 9.36 Å². The summed E-state index contributed by atoms with van der Waals surface area (Å²) in [5, 5.41) is 0. The fourth-order valence-electron chi connectivity index (χ4n) is 1.71. The molecular weight excluding hydrogens is 260 g/mol. The summed E-state index contributed by atoms with van der Waals surface area (Å²) >= 11 is 3.62. The van der Waals surface area contributed by atoms with Crippen molar-refractivity contribution in [2.45, 2.75) is 11.5 Å². The minimum Gasteiger partial charge on any atom is -0.265 e. The maximum atomic E-state index is 4.69. The second-order valence-electron chi connectivity index (χ2n) is 3.94. The number of rotatable bonds is 2. The molecule has 1 aliphatic rings. The molecule has 0 atom stereocenters. The number of hydrogen-bond acceptors (Lipinski definition) is 4. The zero-order valence-electron chi connectivity index (χ0n) is 9.74. The highest BCUT2D eigenvalue weighted by Gasteiger charge is 2.12. The SMILES string of the molecule is c1ccc2c(c1)CSC(SCc1ccncc1)=N2. The van der Waals surface area contributed by atoms with Crippen molar-refractivity contribution in [2.75, 3.05) is 0 Å². The van der Waals surface area contributed by atoms with Crippen molar-refractivity contribution in [1.29, 1.82) is 0 Å². The van der Waals surface area contributed by atoms with E-state index >= 15 is 0 Å². The summed E-state index contributed by atoms with van der Waals surface area (Å²) < 4.78 is 1.16. The average molecular weight is 272 g/mol. The predicted octanol–water partition coefficient (Wildman–Crippen LogP) is 4.25. The molecule has 1 aromatic carbocycles. The molecule has 0 spiro atoms. The van der Waals surface area contributed by atoms with Crippen LogP contribution >= 0.6 is 23.5 Å². The minimum absolute atomic E-state index is 0.955. The number of aromatic nitrogens is 1. The van der Waals surface area contributed by atoms with Gasteiger partial charge in [0.1, 0.15) is 4.38 Å². The second kappa shape index (κ2) is 5.59. The molecule has 4 heteroatoms. The Labute approximate surface area is 115 Å². The molecule has 0 unspecified atom stereocenters. The summed E-state index contributed by atoms with van der Waals surface area (Å²) in [5.41, 5.74) is 3.74. The number of aliphatic imine (C=N–C) groups is 1. The van der Waals surface area contributed by atoms with Gasteiger partial charge in [0.25, 0.3) is 0 Å². The first-order chi connectivity index (χ1) is 8.92. The number of nitrogens with zero attached hydrogens (tertiary/aromatic N) is 2. The first kappa shape index (κ1) is 11.8. The third-order valence-corrected chi connectivity index (χ3v) is 4.98. The maximum absolute atomic E-state index is 4.69. The Morgan fingerprint density at radius 1 is 1.11 bits per heavy atom. The maximum Gasteiger partial charge on any atom is 0.131 e. The molecule has 0 fully saturated rings. The average Bonchev–Trinajstić information content (AvgIpc) is 2.46. The topological polar surface area (TPSA) is 25.2 Å². The molecule has 0 saturated carbocycles. The number of para-hydroxylation sites is 1. The van der Waals surface area contributed by atoms with Crippen LogP contribution in [-0.2, 0) is 11.5 Å². The highest BCUT2D eigenvalue weighted by Crippen LogP contribution is 2.35. The molecule has 3 rings (SSSR count). The molecule has 1 aliphatic heterocycles. The van der Waals surface area contributed by atoms with Gasteiger partial charge in [-0.1, -0.05) is 41.7 Å². The first-order valence-electron chi connectivity index (χ1n) is 5.73. The Bertz CT molecular complexity index is 567. The van der Waals surface area contributed by atoms with Gasteiger partial charge in [-0.25, -0.2) is 4.99 Å². The van der Waals surface area contributed by atoms with E-state index in [0.29, 0.717) is 0 Å². The fraction of sp³-hybridized carbons (Fsp3) is 0.143. The Balaban J connectivity index is 1.70. The molecule has 0 radical (unpaired) electrons. The van der Waals surface area contributed by atoms with Crippen molar-refractivity contribution in [3.05, 3.63) is 59.9 Å². The molecule has 2 aromatic rings. The van der Waals surface area contributed by atoms with E-state index in [2.05, 4.69) is 40.3 Å². The zero-order valence-corrected chi connectivity index (χ0v) is 11.4. The summed E-state index contributed by atoms with van der Waals surface area (Å²) in [5.74, 6) is 1.98. The van der Waals surface area contributed by atoms with Gasteiger partial charge in [0.15, 0.2) is 0 Å². The molecule has 2 nitrogen and oxygen atoms in total. The molecule has 18 heavy (non-hydrogen) atoms. The summed E-state index contributed by atoms with van der Waals surface area (Å²) in [6.07, 6.45) is 3.67. The van der Waals surface area contributed by atoms with E-state index in [9.17, 15) is 0 Å². The van der Waals surface area contributed by atoms with Gasteiger partial charge in [-0.05, 0) is 29.3 Å². The molecule has 0 N–H and O–H groups in total. The Morgan fingerprint density at radius 2 is 1.94 bits per heavy atom. The van der Waals surface area contributed by atoms with Gasteiger partial charge in [0, 0.05) is 23.9 Å². The van der Waals surface area contributed by atoms with Gasteiger partial charge in [0.2, 0.25) is 0 Å². The van der Waals surface area contributed by atoms with Crippen LogP contribution in [0.3, 0.4) is 0 Å². The van der Waals surface area contributed by atoms with Crippen LogP contribution in [0.15, 0.2) is 53.8 Å². The van der Waals surface area contributed by atoms with E-state index in [0.717, 1.165) is 21.6 Å². The summed E-state index contributed by atoms with van der Waals surface area (Å²) in [6.45, 7) is 0. The van der Waals surface area contributed by atoms with Crippen LogP contribution < -0.4 is 0 Å². The molecule has 90 valence electrons. The van der Waals surface area contributed by atoms with E-state index in [4.69, 9.17) is 0 Å². The molecule has 0 amide bonds. The molecule has 0 saturated heterocycles. The number of fused-ring (bicyclic) bond motifs is 1. The van der Waals surface area contributed by atoms with Gasteiger partial charge < -0.3 is 0 Å². The lowest BCUT2D eigenvalue weighted by Crippen LogP contribution is -1.96. The van der Waals surface area contributed by atoms with Gasteiger partial charge in [0.05, 0.1) is 5.69 Å². The first-order valence-corrected chi connectivity index (χ1v) is 7.70. The highest BCUT2D eigenvalue weighted by molar-refractivity contribution is 8.38. The van der Waals surface area contributed by atoms with Crippen LogP contribution in [0, 0.1) is 0 Å². The van der Waals surface area contributed by atoms with Crippen LogP contribution in [0.2, 0.25) is 0 Å². The van der Waals surface area contributed by atoms with E-state index < -0.39 is 0 Å². The van der Waals surface area contributed by atoms with Crippen molar-refractivity contribution in [3.63, 3.8) is 0 Å². The quantitative estimate of drug-likeness (QED) is 0.817. The van der Waals surface area contributed by atoms with Crippen molar-refractivity contribution in [2.24, 2.45) is 4.99 Å². The predicted molar refractivity (Wildman–Crippen MR) is 80.4 cm³/mol. The largest absolute Gasteiger partial charge is 0.265 e. The van der Waals surface area contributed by atoms with Crippen LogP contribution in [0.25, 0.3) is 0 Å². The van der Waals surface area contributed by atoms with E-state index in [1.54, 1.807) is 11.8 Å². The number of hydrogen-bond donors (Lipinski definition) is 0. The number of thioether (sulfide) groups is 2. The lowest BCUT2D eigenvalue weighted by Gasteiger charge is -2.14. The molecule has 2 heterocycles. The lowest BCUT2D eigenvalue weighted by atomic mass is 10.2. The second-order valence-corrected chi connectivity index (χ2v) is 6.13. The van der Waals surface area contributed by atoms with E-state index in [1.807, 2.05) is 30.2 Å².